The highest BCUT2D eigenvalue weighted by Crippen LogP contribution is 2.29. The predicted octanol–water partition coefficient (Wildman–Crippen LogP) is 5.16. The van der Waals surface area contributed by atoms with Crippen molar-refractivity contribution in [2.45, 2.75) is 64.5 Å². The molecule has 4 heterocycles. The molecule has 0 amide bonds. The number of halogens is 2. The lowest BCUT2D eigenvalue weighted by atomic mass is 10.0. The average Bonchev–Trinajstić information content (AvgIpc) is 3.56. The largest absolute Gasteiger partial charge is 0.434 e. The Morgan fingerprint density at radius 1 is 1.09 bits per heavy atom. The summed E-state index contributed by atoms with van der Waals surface area (Å²) in [5, 5.41) is 15.2. The highest BCUT2D eigenvalue weighted by Gasteiger charge is 2.22. The van der Waals surface area contributed by atoms with E-state index in [2.05, 4.69) is 15.1 Å². The van der Waals surface area contributed by atoms with Gasteiger partial charge < -0.3 is 14.6 Å². The Labute approximate surface area is 252 Å². The van der Waals surface area contributed by atoms with Gasteiger partial charge in [-0.05, 0) is 74.6 Å². The van der Waals surface area contributed by atoms with E-state index in [1.165, 1.54) is 4.68 Å². The zero-order valence-electron chi connectivity index (χ0n) is 24.8. The molecule has 5 aromatic rings. The molecule has 1 saturated heterocycles. The summed E-state index contributed by atoms with van der Waals surface area (Å²) >= 11 is 0. The molecule has 2 aromatic carbocycles. The predicted molar refractivity (Wildman–Crippen MR) is 159 cm³/mol. The van der Waals surface area contributed by atoms with E-state index in [0.29, 0.717) is 40.9 Å². The van der Waals surface area contributed by atoms with Crippen LogP contribution in [0.15, 0.2) is 65.8 Å². The Bertz CT molecular complexity index is 1830. The maximum absolute atomic E-state index is 13.4. The second kappa shape index (κ2) is 11.9. The lowest BCUT2D eigenvalue weighted by Crippen LogP contribution is -2.21. The molecule has 12 heteroatoms. The van der Waals surface area contributed by atoms with Gasteiger partial charge in [-0.15, -0.1) is 0 Å². The van der Waals surface area contributed by atoms with Crippen LogP contribution in [-0.2, 0) is 30.4 Å². The van der Waals surface area contributed by atoms with Crippen molar-refractivity contribution in [3.05, 3.63) is 94.1 Å². The van der Waals surface area contributed by atoms with Gasteiger partial charge in [0.25, 0.3) is 5.56 Å². The fourth-order valence-corrected chi connectivity index (χ4v) is 5.64. The molecule has 0 aliphatic carbocycles. The summed E-state index contributed by atoms with van der Waals surface area (Å²) in [6.07, 6.45) is 8.35. The second-order valence-electron chi connectivity index (χ2n) is 11.6. The molecule has 1 aliphatic rings. The number of alkyl halides is 2. The van der Waals surface area contributed by atoms with Gasteiger partial charge in [0.15, 0.2) is 5.82 Å². The number of rotatable bonds is 9. The van der Waals surface area contributed by atoms with Gasteiger partial charge >= 0.3 is 6.61 Å². The summed E-state index contributed by atoms with van der Waals surface area (Å²) < 4.78 is 42.8. The van der Waals surface area contributed by atoms with Crippen molar-refractivity contribution >= 4 is 10.9 Å². The van der Waals surface area contributed by atoms with Crippen molar-refractivity contribution in [1.29, 1.82) is 0 Å². The van der Waals surface area contributed by atoms with Crippen LogP contribution in [0.2, 0.25) is 0 Å². The van der Waals surface area contributed by atoms with E-state index in [-0.39, 0.29) is 24.1 Å². The molecule has 6 rings (SSSR count). The number of nitrogens with zero attached hydrogens (tertiary/aromatic N) is 6. The molecule has 10 nitrogen and oxygen atoms in total. The van der Waals surface area contributed by atoms with Gasteiger partial charge in [0.2, 0.25) is 0 Å². The molecule has 1 atom stereocenters. The van der Waals surface area contributed by atoms with Crippen LogP contribution in [0.25, 0.3) is 22.0 Å². The molecule has 3 aromatic heterocycles. The van der Waals surface area contributed by atoms with E-state index in [0.717, 1.165) is 36.1 Å². The van der Waals surface area contributed by atoms with Crippen LogP contribution in [0.1, 0.15) is 62.0 Å². The standard InChI is InChI=1S/C32H34F2N6O4/c1-32(2,42)30-35-17-23(18-36-30)21-8-9-25-26(16-21)39(38(3)29(25)41)19-22-14-20(7-10-27(22)44-31(33)34)15-24-11-12-37-40(24)28-6-4-5-13-43-28/h7-12,14,16-18,28,31,42H,4-6,13,15,19H2,1-3H3. The minimum absolute atomic E-state index is 0.0360. The summed E-state index contributed by atoms with van der Waals surface area (Å²) in [6, 6.07) is 12.5. The molecule has 0 bridgehead atoms. The third-order valence-electron chi connectivity index (χ3n) is 7.92. The van der Waals surface area contributed by atoms with Crippen LogP contribution in [0.4, 0.5) is 8.78 Å². The third-order valence-corrected chi connectivity index (χ3v) is 7.92. The molecule has 0 saturated carbocycles. The Kier molecular flexibility index (Phi) is 8.04. The Morgan fingerprint density at radius 3 is 2.59 bits per heavy atom. The highest BCUT2D eigenvalue weighted by atomic mass is 19.3. The summed E-state index contributed by atoms with van der Waals surface area (Å²) in [5.74, 6) is 0.327. The summed E-state index contributed by atoms with van der Waals surface area (Å²) in [6.45, 7) is 1.01. The smallest absolute Gasteiger partial charge is 0.387 e. The van der Waals surface area contributed by atoms with Gasteiger partial charge in [0.05, 0.1) is 17.4 Å². The van der Waals surface area contributed by atoms with Crippen molar-refractivity contribution in [3.8, 4) is 16.9 Å². The molecule has 1 unspecified atom stereocenters. The monoisotopic (exact) mass is 604 g/mol. The van der Waals surface area contributed by atoms with Crippen LogP contribution in [0.3, 0.4) is 0 Å². The van der Waals surface area contributed by atoms with E-state index in [9.17, 15) is 18.7 Å². The van der Waals surface area contributed by atoms with E-state index in [1.54, 1.807) is 62.4 Å². The molecule has 230 valence electrons. The lowest BCUT2D eigenvalue weighted by Gasteiger charge is -2.24. The highest BCUT2D eigenvalue weighted by molar-refractivity contribution is 5.84. The quantitative estimate of drug-likeness (QED) is 0.248. The van der Waals surface area contributed by atoms with Gasteiger partial charge in [-0.2, -0.15) is 13.9 Å². The average molecular weight is 605 g/mol. The summed E-state index contributed by atoms with van der Waals surface area (Å²) in [7, 11) is 1.64. The first-order chi connectivity index (χ1) is 21.1. The first-order valence-electron chi connectivity index (χ1n) is 14.5. The van der Waals surface area contributed by atoms with E-state index < -0.39 is 12.2 Å². The normalized spacial score (nSPS) is 15.8. The maximum Gasteiger partial charge on any atom is 0.387 e. The minimum atomic E-state index is -3.01. The molecular weight excluding hydrogens is 570 g/mol. The molecule has 44 heavy (non-hydrogen) atoms. The Hall–Kier alpha value is -4.42. The van der Waals surface area contributed by atoms with Crippen molar-refractivity contribution in [3.63, 3.8) is 0 Å². The van der Waals surface area contributed by atoms with E-state index in [4.69, 9.17) is 9.47 Å². The van der Waals surface area contributed by atoms with Gasteiger partial charge in [0, 0.05) is 55.5 Å². The fraction of sp³-hybridized carbons (Fsp3) is 0.375. The topological polar surface area (TPSA) is 109 Å². The first kappa shape index (κ1) is 29.6. The van der Waals surface area contributed by atoms with Crippen LogP contribution in [0, 0.1) is 0 Å². The van der Waals surface area contributed by atoms with Crippen molar-refractivity contribution in [2.75, 3.05) is 6.61 Å². The van der Waals surface area contributed by atoms with Gasteiger partial charge in [-0.1, -0.05) is 12.1 Å². The molecule has 0 spiro atoms. The number of hydrogen-bond acceptors (Lipinski definition) is 7. The number of benzene rings is 2. The minimum Gasteiger partial charge on any atom is -0.434 e. The summed E-state index contributed by atoms with van der Waals surface area (Å²) in [5.41, 5.74) is 3.00. The van der Waals surface area contributed by atoms with Crippen molar-refractivity contribution in [2.24, 2.45) is 7.05 Å². The van der Waals surface area contributed by atoms with Gasteiger partial charge in [0.1, 0.15) is 17.6 Å². The summed E-state index contributed by atoms with van der Waals surface area (Å²) in [4.78, 5) is 21.8. The molecule has 1 fully saturated rings. The second-order valence-corrected chi connectivity index (χ2v) is 11.6. The van der Waals surface area contributed by atoms with E-state index in [1.807, 2.05) is 28.9 Å². The number of aliphatic hydroxyl groups is 1. The maximum atomic E-state index is 13.4. The zero-order valence-corrected chi connectivity index (χ0v) is 24.8. The molecule has 0 radical (unpaired) electrons. The van der Waals surface area contributed by atoms with Gasteiger partial charge in [-0.3, -0.25) is 14.2 Å². The molecule has 1 N–H and O–H groups in total. The number of hydrogen-bond donors (Lipinski definition) is 1. The fourth-order valence-electron chi connectivity index (χ4n) is 5.64. The zero-order chi connectivity index (χ0) is 31.0. The van der Waals surface area contributed by atoms with Crippen molar-refractivity contribution in [1.82, 2.24) is 29.1 Å². The van der Waals surface area contributed by atoms with Crippen LogP contribution < -0.4 is 10.3 Å². The SMILES string of the molecule is Cn1c(=O)c2ccc(-c3cnc(C(C)(C)O)nc3)cc2n1Cc1cc(Cc2ccnn2C2CCCCO2)ccc1OC(F)F. The number of fused-ring (bicyclic) bond motifs is 1. The van der Waals surface area contributed by atoms with Gasteiger partial charge in [-0.25, -0.2) is 14.6 Å². The van der Waals surface area contributed by atoms with E-state index >= 15 is 0 Å². The van der Waals surface area contributed by atoms with Crippen molar-refractivity contribution < 1.29 is 23.4 Å². The van der Waals surface area contributed by atoms with Crippen LogP contribution in [0.5, 0.6) is 5.75 Å². The third kappa shape index (κ3) is 6.00. The Morgan fingerprint density at radius 2 is 1.89 bits per heavy atom. The number of ether oxygens (including phenoxy) is 2. The molecule has 1 aliphatic heterocycles. The number of aromatic nitrogens is 6. The van der Waals surface area contributed by atoms with Crippen LogP contribution in [-0.4, -0.2) is 47.4 Å². The first-order valence-corrected chi connectivity index (χ1v) is 14.5. The Balaban J connectivity index is 1.36. The van der Waals surface area contributed by atoms with Crippen LogP contribution >= 0.6 is 0 Å². The molecular formula is C32H34F2N6O4. The lowest BCUT2D eigenvalue weighted by molar-refractivity contribution is -0.0505.